The number of nitrogens with one attached hydrogen (secondary N) is 4. The van der Waals surface area contributed by atoms with Crippen molar-refractivity contribution in [1.29, 1.82) is 0 Å². The second-order valence-electron chi connectivity index (χ2n) is 28.1. The predicted octanol–water partition coefficient (Wildman–Crippen LogP) is 20.4. The normalized spacial score (nSPS) is 15.6. The van der Waals surface area contributed by atoms with E-state index in [2.05, 4.69) is 31.9 Å². The molecule has 0 spiro atoms. The van der Waals surface area contributed by atoms with Crippen molar-refractivity contribution < 1.29 is 72.8 Å². The van der Waals surface area contributed by atoms with Crippen LogP contribution in [0, 0.1) is 0 Å². The Morgan fingerprint density at radius 3 is 1.02 bits per heavy atom. The molecule has 9 aromatic carbocycles. The number of H-pyrrole nitrogens is 3. The SMILES string of the molecule is C.C.C.CC(=O)Cl.CC(=O)NCC(O)CCOc1ccc([C@H]2c3[nH]c4ccc(Cl)cc4c3CCN2C(=O)Oc2ccc(Cl)cc2)cc1.N.NCC(O)CCOc1ccc([C@H]2c3[nH]c4ccc(Cl)cc4c3CCN2C(=O)Oc2ccc(Cl)cc2)cc1.O.O=C(Oc1ccc(Cl)cc1)N1CCc2c([nH]c3ccc(Cl)cc23)[C@@H]1c1ccc(OCCC2CO2)cc1. The fraction of sp³-hybridized carbons (Fsp3) is 0.286. The van der Waals surface area contributed by atoms with E-state index < -0.39 is 42.6 Å². The summed E-state index contributed by atoms with van der Waals surface area (Å²) in [6, 6.07) is 59.3. The monoisotopic (exact) mass is 1800 g/mol. The molecular formula is C91H100Cl7N9O15. The molecule has 0 saturated carbocycles. The highest BCUT2D eigenvalue weighted by atomic mass is 35.5. The van der Waals surface area contributed by atoms with Gasteiger partial charge in [-0.15, -0.1) is 0 Å². The van der Waals surface area contributed by atoms with E-state index in [4.69, 9.17) is 108 Å². The Bertz CT molecular complexity index is 5470. The first-order valence-electron chi connectivity index (χ1n) is 37.9. The number of carbonyl (C=O) groups is 5. The smallest absolute Gasteiger partial charge is 0.416 e. The van der Waals surface area contributed by atoms with Gasteiger partial charge >= 0.3 is 18.3 Å². The number of aromatic nitrogens is 3. The Morgan fingerprint density at radius 2 is 0.730 bits per heavy atom. The minimum absolute atomic E-state index is 0. The van der Waals surface area contributed by atoms with E-state index in [0.29, 0.717) is 130 Å². The number of halogens is 7. The summed E-state index contributed by atoms with van der Waals surface area (Å²) in [5.74, 6) is 3.17. The summed E-state index contributed by atoms with van der Waals surface area (Å²) in [4.78, 5) is 76.2. The van der Waals surface area contributed by atoms with Crippen LogP contribution in [0.5, 0.6) is 34.5 Å². The molecule has 6 atom stereocenters. The van der Waals surface area contributed by atoms with Crippen molar-refractivity contribution in [3.63, 3.8) is 0 Å². The molecule has 0 bridgehead atoms. The molecule has 648 valence electrons. The standard InChI is InChI=1S/C30H29Cl2N3O5.C28H27Cl2N3O4.C28H24Cl2N2O4.C2H3ClO.3CH4.H3N.H2O/c1-18(36)33-17-22(37)13-15-39-23-7-2-19(3-8-23)29-28-25(26-16-21(32)6-11-27(26)34-28)12-14-35(29)30(38)40-24-9-4-20(31)5-10-24;29-18-3-8-22(9-4-18)37-28(35)33-13-11-23-24-15-19(30)5-10-25(24)32-26(23)27(33)17-1-6-21(7-2-17)36-14-12-20(34)16-31;29-18-3-8-21(9-4-18)36-28(33)32-13-11-23-24-15-19(30)5-10-25(24)31-26(23)27(32)17-1-6-20(7-2-17)34-14-12-22-16-35-22;1-2(3)4;;;;;/h2-11,16,22,29,34,37H,12-15,17H2,1H3,(H,33,36);1-10,15,20,27,32,34H,11-14,16,31H2;1-10,15,22,27,31H,11-14,16H2;1H3;3*1H4;1H3;1H2/t22?,29-;20?,27-;22?,27-;;;;;;/m000....../s1. The van der Waals surface area contributed by atoms with Gasteiger partial charge in [-0.1, -0.05) is 128 Å². The van der Waals surface area contributed by atoms with Crippen molar-refractivity contribution in [3.8, 4) is 34.5 Å². The maximum absolute atomic E-state index is 13.4. The second kappa shape index (κ2) is 45.2. The van der Waals surface area contributed by atoms with Crippen LogP contribution in [0.25, 0.3) is 32.7 Å². The quantitative estimate of drug-likeness (QED) is 0.0245. The number of amides is 4. The molecule has 3 aromatic heterocycles. The lowest BCUT2D eigenvalue weighted by Gasteiger charge is -2.35. The van der Waals surface area contributed by atoms with Crippen molar-refractivity contribution in [2.45, 2.75) is 111 Å². The highest BCUT2D eigenvalue weighted by molar-refractivity contribution is 6.62. The van der Waals surface area contributed by atoms with E-state index in [1.165, 1.54) is 13.8 Å². The van der Waals surface area contributed by atoms with Gasteiger partial charge in [-0.3, -0.25) is 24.3 Å². The van der Waals surface area contributed by atoms with Crippen LogP contribution in [0.4, 0.5) is 14.4 Å². The number of aliphatic hydroxyl groups is 2. The number of fused-ring (bicyclic) bond motifs is 9. The van der Waals surface area contributed by atoms with Gasteiger partial charge in [0, 0.05) is 146 Å². The highest BCUT2D eigenvalue weighted by Gasteiger charge is 2.40. The first kappa shape index (κ1) is 97.2. The van der Waals surface area contributed by atoms with Gasteiger partial charge in [-0.25, -0.2) is 14.4 Å². The summed E-state index contributed by atoms with van der Waals surface area (Å²) in [6.45, 7) is 6.58. The minimum Gasteiger partial charge on any atom is -0.493 e. The topological polar surface area (TPSA) is 355 Å². The fourth-order valence-corrected chi connectivity index (χ4v) is 15.2. The van der Waals surface area contributed by atoms with Gasteiger partial charge in [-0.05, 0) is 228 Å². The van der Waals surface area contributed by atoms with E-state index in [0.717, 1.165) is 102 Å². The fourth-order valence-electron chi connectivity index (χ4n) is 14.3. The van der Waals surface area contributed by atoms with Gasteiger partial charge in [0.15, 0.2) is 0 Å². The molecule has 12 aromatic rings. The van der Waals surface area contributed by atoms with Gasteiger partial charge in [0.1, 0.15) is 52.6 Å². The van der Waals surface area contributed by atoms with Crippen LogP contribution in [0.15, 0.2) is 200 Å². The van der Waals surface area contributed by atoms with Crippen LogP contribution < -0.4 is 45.6 Å². The first-order chi connectivity index (χ1) is 56.5. The number of aromatic amines is 3. The Kier molecular flexibility index (Phi) is 36.0. The molecule has 31 heteroatoms. The summed E-state index contributed by atoms with van der Waals surface area (Å²) >= 11 is 41.5. The van der Waals surface area contributed by atoms with Crippen molar-refractivity contribution in [3.05, 3.63) is 281 Å². The molecule has 1 saturated heterocycles. The largest absolute Gasteiger partial charge is 0.493 e. The zero-order valence-electron chi connectivity index (χ0n) is 64.7. The number of epoxide rings is 1. The van der Waals surface area contributed by atoms with Gasteiger partial charge < -0.3 is 81.0 Å². The maximum atomic E-state index is 13.4. The number of ether oxygens (including phenoxy) is 7. The summed E-state index contributed by atoms with van der Waals surface area (Å²) in [6.07, 6.45) is 1.40. The molecule has 24 nitrogen and oxygen atoms in total. The molecule has 122 heavy (non-hydrogen) atoms. The zero-order valence-corrected chi connectivity index (χ0v) is 70.0. The molecule has 3 unspecified atom stereocenters. The van der Waals surface area contributed by atoms with Crippen molar-refractivity contribution >= 4 is 143 Å². The third kappa shape index (κ3) is 25.0. The molecule has 13 N–H and O–H groups in total. The number of hydrogen-bond donors (Lipinski definition) is 8. The highest BCUT2D eigenvalue weighted by Crippen LogP contribution is 2.44. The molecule has 4 aliphatic heterocycles. The molecule has 1 fully saturated rings. The van der Waals surface area contributed by atoms with E-state index in [9.17, 15) is 34.2 Å². The van der Waals surface area contributed by atoms with Gasteiger partial charge in [0.25, 0.3) is 0 Å². The molecule has 7 heterocycles. The second-order valence-corrected chi connectivity index (χ2v) is 31.3. The third-order valence-corrected chi connectivity index (χ3v) is 21.5. The molecule has 4 aliphatic rings. The van der Waals surface area contributed by atoms with Crippen LogP contribution >= 0.6 is 81.2 Å². The Morgan fingerprint density at radius 1 is 0.451 bits per heavy atom. The number of benzene rings is 9. The number of carbonyl (C=O) groups excluding carboxylic acids is 5. The van der Waals surface area contributed by atoms with Crippen LogP contribution in [-0.4, -0.2) is 152 Å². The number of nitrogens with zero attached hydrogens (tertiary/aromatic N) is 3. The maximum Gasteiger partial charge on any atom is 0.416 e. The van der Waals surface area contributed by atoms with Crippen LogP contribution in [0.3, 0.4) is 0 Å². The zero-order chi connectivity index (χ0) is 82.4. The summed E-state index contributed by atoms with van der Waals surface area (Å²) in [5, 5.41) is 28.7. The Hall–Kier alpha value is -10.3. The van der Waals surface area contributed by atoms with E-state index in [-0.39, 0.29) is 70.8 Å². The Balaban J connectivity index is 0.000000218. The lowest BCUT2D eigenvalue weighted by atomic mass is 9.92. The number of nitrogens with two attached hydrogens (primary N) is 1. The lowest BCUT2D eigenvalue weighted by Crippen LogP contribution is -2.42. The van der Waals surface area contributed by atoms with Crippen molar-refractivity contribution in [2.75, 3.05) is 59.2 Å². The average Bonchev–Trinajstić information content (AvgIpc) is 1.63. The van der Waals surface area contributed by atoms with Crippen LogP contribution in [0.2, 0.25) is 30.1 Å². The van der Waals surface area contributed by atoms with E-state index >= 15 is 0 Å². The lowest BCUT2D eigenvalue weighted by molar-refractivity contribution is -0.119. The molecule has 0 aliphatic carbocycles. The molecular weight excluding hydrogens is 1710 g/mol. The van der Waals surface area contributed by atoms with Gasteiger partial charge in [-0.2, -0.15) is 0 Å². The predicted molar refractivity (Wildman–Crippen MR) is 484 cm³/mol. The van der Waals surface area contributed by atoms with E-state index in [1.54, 1.807) is 87.5 Å². The molecule has 4 amide bonds. The minimum atomic E-state index is -0.695. The first-order valence-corrected chi connectivity index (χ1v) is 40.5. The number of hydrogen-bond acceptors (Lipinski definition) is 16. The van der Waals surface area contributed by atoms with E-state index in [1.807, 2.05) is 127 Å². The molecule has 0 radical (unpaired) electrons. The van der Waals surface area contributed by atoms with Crippen molar-refractivity contribution in [2.24, 2.45) is 5.73 Å². The molecule has 16 rings (SSSR count). The van der Waals surface area contributed by atoms with Crippen LogP contribution in [-0.2, 0) is 33.6 Å². The Labute approximate surface area is 743 Å². The average molecular weight is 1810 g/mol. The van der Waals surface area contributed by atoms with Crippen LogP contribution in [0.1, 0.15) is 124 Å². The number of rotatable bonds is 21. The number of aliphatic hydroxyl groups excluding tert-OH is 2. The summed E-state index contributed by atoms with van der Waals surface area (Å²) in [7, 11) is 0. The van der Waals surface area contributed by atoms with Gasteiger partial charge in [0.05, 0.1) is 44.7 Å². The van der Waals surface area contributed by atoms with Crippen molar-refractivity contribution in [1.82, 2.24) is 41.1 Å². The summed E-state index contributed by atoms with van der Waals surface area (Å²) in [5.41, 5.74) is 17.3. The summed E-state index contributed by atoms with van der Waals surface area (Å²) < 4.78 is 39.9. The third-order valence-electron chi connectivity index (χ3n) is 20.0. The van der Waals surface area contributed by atoms with Gasteiger partial charge in [0.2, 0.25) is 11.1 Å².